The van der Waals surface area contributed by atoms with Crippen molar-refractivity contribution in [2.24, 2.45) is 5.73 Å². The van der Waals surface area contributed by atoms with E-state index in [-0.39, 0.29) is 13.2 Å². The maximum Gasteiger partial charge on any atom is 0.243 e. The molecule has 0 fully saturated rings. The molecular formula is C14H24N2O3S. The standard InChI is InChI=1S/C14H24N2O3S/c1-3-4-7-16(8-9-17)20(18,19)14-6-5-13(11-15)10-12(14)2/h5-6,10,17H,3-4,7-9,11,15H2,1-2H3. The van der Waals surface area contributed by atoms with Crippen molar-refractivity contribution in [3.63, 3.8) is 0 Å². The number of hydrogen-bond acceptors (Lipinski definition) is 4. The lowest BCUT2D eigenvalue weighted by atomic mass is 10.1. The fraction of sp³-hybridized carbons (Fsp3) is 0.571. The third kappa shape index (κ3) is 4.02. The number of nitrogens with two attached hydrogens (primary N) is 1. The molecule has 1 aromatic carbocycles. The molecular weight excluding hydrogens is 276 g/mol. The maximum absolute atomic E-state index is 12.6. The Kier molecular flexibility index (Phi) is 6.61. The third-order valence-corrected chi connectivity index (χ3v) is 5.26. The molecule has 5 nitrogen and oxygen atoms in total. The largest absolute Gasteiger partial charge is 0.395 e. The molecule has 6 heteroatoms. The van der Waals surface area contributed by atoms with E-state index in [0.29, 0.717) is 23.5 Å². The summed E-state index contributed by atoms with van der Waals surface area (Å²) in [5.74, 6) is 0. The molecule has 20 heavy (non-hydrogen) atoms. The lowest BCUT2D eigenvalue weighted by molar-refractivity contribution is 0.252. The quantitative estimate of drug-likeness (QED) is 0.756. The van der Waals surface area contributed by atoms with Crippen LogP contribution in [0, 0.1) is 6.92 Å². The highest BCUT2D eigenvalue weighted by Gasteiger charge is 2.25. The van der Waals surface area contributed by atoms with Gasteiger partial charge in [0.1, 0.15) is 0 Å². The zero-order valence-corrected chi connectivity index (χ0v) is 13.0. The molecule has 0 amide bonds. The number of aliphatic hydroxyl groups is 1. The van der Waals surface area contributed by atoms with Crippen molar-refractivity contribution in [1.82, 2.24) is 4.31 Å². The van der Waals surface area contributed by atoms with Crippen molar-refractivity contribution in [2.45, 2.75) is 38.1 Å². The molecule has 0 aliphatic rings. The normalized spacial score (nSPS) is 12.1. The average molecular weight is 300 g/mol. The van der Waals surface area contributed by atoms with Crippen LogP contribution < -0.4 is 5.73 Å². The van der Waals surface area contributed by atoms with Gasteiger partial charge in [-0.15, -0.1) is 0 Å². The van der Waals surface area contributed by atoms with Gasteiger partial charge in [0.2, 0.25) is 10.0 Å². The van der Waals surface area contributed by atoms with Gasteiger partial charge >= 0.3 is 0 Å². The van der Waals surface area contributed by atoms with Crippen LogP contribution in [0.5, 0.6) is 0 Å². The molecule has 0 bridgehead atoms. The highest BCUT2D eigenvalue weighted by molar-refractivity contribution is 7.89. The molecule has 0 radical (unpaired) electrons. The van der Waals surface area contributed by atoms with Crippen LogP contribution in [0.4, 0.5) is 0 Å². The second-order valence-corrected chi connectivity index (χ2v) is 6.69. The summed E-state index contributed by atoms with van der Waals surface area (Å²) in [4.78, 5) is 0.291. The van der Waals surface area contributed by atoms with Crippen LogP contribution in [0.15, 0.2) is 23.1 Å². The van der Waals surface area contributed by atoms with Crippen LogP contribution in [0.3, 0.4) is 0 Å². The fourth-order valence-corrected chi connectivity index (χ4v) is 3.74. The molecule has 0 atom stereocenters. The number of benzene rings is 1. The fourth-order valence-electron chi connectivity index (χ4n) is 2.07. The first-order valence-electron chi connectivity index (χ1n) is 6.88. The maximum atomic E-state index is 12.6. The van der Waals surface area contributed by atoms with Crippen LogP contribution in [0.25, 0.3) is 0 Å². The second kappa shape index (κ2) is 7.73. The van der Waals surface area contributed by atoms with E-state index in [4.69, 9.17) is 10.8 Å². The molecule has 1 rings (SSSR count). The molecule has 0 saturated heterocycles. The summed E-state index contributed by atoms with van der Waals surface area (Å²) >= 11 is 0. The average Bonchev–Trinajstić information content (AvgIpc) is 2.42. The van der Waals surface area contributed by atoms with Crippen molar-refractivity contribution in [3.05, 3.63) is 29.3 Å². The molecule has 0 aliphatic carbocycles. The summed E-state index contributed by atoms with van der Waals surface area (Å²) in [6.45, 7) is 4.53. The molecule has 0 aliphatic heterocycles. The first-order chi connectivity index (χ1) is 9.47. The van der Waals surface area contributed by atoms with E-state index in [1.807, 2.05) is 6.92 Å². The molecule has 0 aromatic heterocycles. The first kappa shape index (κ1) is 17.1. The number of aryl methyl sites for hydroxylation is 1. The lowest BCUT2D eigenvalue weighted by Gasteiger charge is -2.22. The van der Waals surface area contributed by atoms with Gasteiger partial charge in [0.25, 0.3) is 0 Å². The number of hydrogen-bond donors (Lipinski definition) is 2. The Bertz CT molecular complexity index is 529. The van der Waals surface area contributed by atoms with E-state index in [9.17, 15) is 8.42 Å². The van der Waals surface area contributed by atoms with Crippen molar-refractivity contribution in [1.29, 1.82) is 0 Å². The van der Waals surface area contributed by atoms with E-state index in [2.05, 4.69) is 0 Å². The van der Waals surface area contributed by atoms with Crippen LogP contribution >= 0.6 is 0 Å². The van der Waals surface area contributed by atoms with Crippen molar-refractivity contribution >= 4 is 10.0 Å². The van der Waals surface area contributed by atoms with E-state index in [0.717, 1.165) is 18.4 Å². The Morgan fingerprint density at radius 3 is 2.50 bits per heavy atom. The zero-order valence-electron chi connectivity index (χ0n) is 12.2. The number of unbranched alkanes of at least 4 members (excludes halogenated alkanes) is 1. The van der Waals surface area contributed by atoms with Crippen molar-refractivity contribution in [2.75, 3.05) is 19.7 Å². The number of rotatable bonds is 8. The Morgan fingerprint density at radius 1 is 1.30 bits per heavy atom. The smallest absolute Gasteiger partial charge is 0.243 e. The number of sulfonamides is 1. The van der Waals surface area contributed by atoms with Gasteiger partial charge in [-0.1, -0.05) is 25.5 Å². The van der Waals surface area contributed by atoms with Crippen molar-refractivity contribution < 1.29 is 13.5 Å². The van der Waals surface area contributed by atoms with Gasteiger partial charge in [-0.3, -0.25) is 0 Å². The highest BCUT2D eigenvalue weighted by Crippen LogP contribution is 2.21. The summed E-state index contributed by atoms with van der Waals surface area (Å²) < 4.78 is 26.6. The van der Waals surface area contributed by atoms with E-state index >= 15 is 0 Å². The van der Waals surface area contributed by atoms with E-state index in [1.54, 1.807) is 25.1 Å². The van der Waals surface area contributed by atoms with Gasteiger partial charge in [0.05, 0.1) is 11.5 Å². The SMILES string of the molecule is CCCCN(CCO)S(=O)(=O)c1ccc(CN)cc1C. The minimum Gasteiger partial charge on any atom is -0.395 e. The summed E-state index contributed by atoms with van der Waals surface area (Å²) in [7, 11) is -3.56. The van der Waals surface area contributed by atoms with Crippen LogP contribution in [-0.2, 0) is 16.6 Å². The van der Waals surface area contributed by atoms with E-state index < -0.39 is 10.0 Å². The number of aliphatic hydroxyl groups excluding tert-OH is 1. The van der Waals surface area contributed by atoms with Gasteiger partial charge in [-0.05, 0) is 30.5 Å². The Labute approximate surface area is 121 Å². The van der Waals surface area contributed by atoms with Gasteiger partial charge in [0.15, 0.2) is 0 Å². The summed E-state index contributed by atoms with van der Waals surface area (Å²) in [5, 5.41) is 9.08. The molecule has 3 N–H and O–H groups in total. The molecule has 0 saturated carbocycles. The third-order valence-electron chi connectivity index (χ3n) is 3.20. The van der Waals surface area contributed by atoms with Crippen LogP contribution in [0.2, 0.25) is 0 Å². The molecule has 0 heterocycles. The van der Waals surface area contributed by atoms with E-state index in [1.165, 1.54) is 4.31 Å². The Hall–Kier alpha value is -0.950. The Balaban J connectivity index is 3.11. The minimum absolute atomic E-state index is 0.125. The summed E-state index contributed by atoms with van der Waals surface area (Å²) in [6.07, 6.45) is 1.68. The van der Waals surface area contributed by atoms with Gasteiger partial charge in [0, 0.05) is 19.6 Å². The van der Waals surface area contributed by atoms with Gasteiger partial charge < -0.3 is 10.8 Å². The minimum atomic E-state index is -3.56. The number of nitrogens with zero attached hydrogens (tertiary/aromatic N) is 1. The van der Waals surface area contributed by atoms with Crippen LogP contribution in [0.1, 0.15) is 30.9 Å². The Morgan fingerprint density at radius 2 is 2.00 bits per heavy atom. The monoisotopic (exact) mass is 300 g/mol. The molecule has 0 spiro atoms. The molecule has 1 aromatic rings. The second-order valence-electron chi connectivity index (χ2n) is 4.79. The van der Waals surface area contributed by atoms with Gasteiger partial charge in [-0.2, -0.15) is 4.31 Å². The van der Waals surface area contributed by atoms with Crippen LogP contribution in [-0.4, -0.2) is 37.5 Å². The van der Waals surface area contributed by atoms with Crippen molar-refractivity contribution in [3.8, 4) is 0 Å². The summed E-state index contributed by atoms with van der Waals surface area (Å²) in [5.41, 5.74) is 7.15. The lowest BCUT2D eigenvalue weighted by Crippen LogP contribution is -2.34. The van der Waals surface area contributed by atoms with Gasteiger partial charge in [-0.25, -0.2) is 8.42 Å². The first-order valence-corrected chi connectivity index (χ1v) is 8.32. The molecule has 0 unspecified atom stereocenters. The highest BCUT2D eigenvalue weighted by atomic mass is 32.2. The summed E-state index contributed by atoms with van der Waals surface area (Å²) in [6, 6.07) is 5.13. The zero-order chi connectivity index (χ0) is 15.2. The topological polar surface area (TPSA) is 83.6 Å². The predicted molar refractivity (Wildman–Crippen MR) is 79.8 cm³/mol. The predicted octanol–water partition coefficient (Wildman–Crippen LogP) is 1.24. The molecule has 114 valence electrons.